The van der Waals surface area contributed by atoms with Crippen LogP contribution in [0.4, 0.5) is 0 Å². The zero-order valence-corrected chi connectivity index (χ0v) is 8.42. The van der Waals surface area contributed by atoms with Crippen LogP contribution in [-0.2, 0) is 0 Å². The van der Waals surface area contributed by atoms with E-state index in [1.54, 1.807) is 0 Å². The average molecular weight is 160 g/mol. The molecule has 0 amide bonds. The first-order valence-electron chi connectivity index (χ1n) is 4.49. The Labute approximate surface area is 66.2 Å². The van der Waals surface area contributed by atoms with Crippen LogP contribution >= 0.6 is 0 Å². The van der Waals surface area contributed by atoms with Crippen molar-refractivity contribution in [2.75, 3.05) is 0 Å². The summed E-state index contributed by atoms with van der Waals surface area (Å²) in [4.78, 5) is 9.41. The van der Waals surface area contributed by atoms with Crippen molar-refractivity contribution < 1.29 is 4.80 Å². The Morgan fingerprint density at radius 1 is 1.00 bits per heavy atom. The summed E-state index contributed by atoms with van der Waals surface area (Å²) >= 11 is 0. The van der Waals surface area contributed by atoms with Gasteiger partial charge >= 0.3 is 0 Å². The molecule has 2 heteroatoms. The van der Waals surface area contributed by atoms with Crippen molar-refractivity contribution in [3.63, 3.8) is 0 Å². The van der Waals surface area contributed by atoms with Gasteiger partial charge in [0, 0.05) is 0 Å². The molecule has 1 atom stereocenters. The standard InChI is InChI=1S/C8H20OSi/c1-3-5-6-8-10(9)7-4-2/h9-10H,3-8H2,1-2H3. The van der Waals surface area contributed by atoms with E-state index in [-0.39, 0.29) is 0 Å². The molecule has 0 saturated carbocycles. The lowest BCUT2D eigenvalue weighted by Crippen LogP contribution is -2.09. The van der Waals surface area contributed by atoms with E-state index in [2.05, 4.69) is 13.8 Å². The molecule has 0 saturated heterocycles. The van der Waals surface area contributed by atoms with Crippen LogP contribution in [0.1, 0.15) is 39.5 Å². The van der Waals surface area contributed by atoms with Gasteiger partial charge in [0.05, 0.1) is 0 Å². The zero-order valence-electron chi connectivity index (χ0n) is 7.27. The van der Waals surface area contributed by atoms with Crippen molar-refractivity contribution in [2.45, 2.75) is 51.6 Å². The van der Waals surface area contributed by atoms with E-state index in [1.807, 2.05) is 0 Å². The third kappa shape index (κ3) is 6.30. The van der Waals surface area contributed by atoms with Crippen molar-refractivity contribution in [3.8, 4) is 0 Å². The van der Waals surface area contributed by atoms with Gasteiger partial charge in [0.15, 0.2) is 9.04 Å². The van der Waals surface area contributed by atoms with Crippen LogP contribution < -0.4 is 0 Å². The van der Waals surface area contributed by atoms with Crippen LogP contribution in [0.2, 0.25) is 12.1 Å². The normalized spacial score (nSPS) is 13.5. The summed E-state index contributed by atoms with van der Waals surface area (Å²) < 4.78 is 0. The highest BCUT2D eigenvalue weighted by atomic mass is 28.3. The summed E-state index contributed by atoms with van der Waals surface area (Å²) in [6.45, 7) is 4.35. The highest BCUT2D eigenvalue weighted by Crippen LogP contribution is 2.06. The molecular formula is C8H20OSi. The molecule has 0 fully saturated rings. The molecule has 0 aliphatic rings. The smallest absolute Gasteiger partial charge is 0.172 e. The quantitative estimate of drug-likeness (QED) is 0.467. The van der Waals surface area contributed by atoms with E-state index >= 15 is 0 Å². The van der Waals surface area contributed by atoms with Crippen molar-refractivity contribution in [1.82, 2.24) is 0 Å². The van der Waals surface area contributed by atoms with Gasteiger partial charge in [-0.15, -0.1) is 0 Å². The summed E-state index contributed by atoms with van der Waals surface area (Å²) in [6.07, 6.45) is 4.99. The van der Waals surface area contributed by atoms with Crippen LogP contribution in [0, 0.1) is 0 Å². The first-order valence-corrected chi connectivity index (χ1v) is 6.64. The second-order valence-corrected chi connectivity index (χ2v) is 5.40. The van der Waals surface area contributed by atoms with E-state index < -0.39 is 9.04 Å². The Bertz CT molecular complexity index is 66.3. The summed E-state index contributed by atoms with van der Waals surface area (Å²) in [6, 6.07) is 2.26. The molecule has 1 unspecified atom stereocenters. The molecule has 10 heavy (non-hydrogen) atoms. The molecule has 0 bridgehead atoms. The lowest BCUT2D eigenvalue weighted by Gasteiger charge is -2.04. The van der Waals surface area contributed by atoms with Gasteiger partial charge in [-0.3, -0.25) is 0 Å². The minimum absolute atomic E-state index is 1.11. The molecule has 0 aliphatic carbocycles. The molecule has 0 radical (unpaired) electrons. The minimum Gasteiger partial charge on any atom is -0.435 e. The van der Waals surface area contributed by atoms with Crippen LogP contribution in [0.15, 0.2) is 0 Å². The van der Waals surface area contributed by atoms with Crippen LogP contribution in [0.3, 0.4) is 0 Å². The molecule has 0 spiro atoms. The molecule has 1 nitrogen and oxygen atoms in total. The Hall–Kier alpha value is 0.177. The fourth-order valence-corrected chi connectivity index (χ4v) is 2.82. The Kier molecular flexibility index (Phi) is 7.41. The van der Waals surface area contributed by atoms with Crippen molar-refractivity contribution in [2.24, 2.45) is 0 Å². The van der Waals surface area contributed by atoms with E-state index in [4.69, 9.17) is 0 Å². The van der Waals surface area contributed by atoms with Crippen molar-refractivity contribution in [1.29, 1.82) is 0 Å². The molecule has 0 heterocycles. The van der Waals surface area contributed by atoms with Gasteiger partial charge < -0.3 is 4.80 Å². The maximum Gasteiger partial charge on any atom is 0.172 e. The molecule has 62 valence electrons. The summed E-state index contributed by atoms with van der Waals surface area (Å²) in [5, 5.41) is 0. The molecule has 0 aromatic carbocycles. The highest BCUT2D eigenvalue weighted by Gasteiger charge is 2.03. The fraction of sp³-hybridized carbons (Fsp3) is 1.00. The highest BCUT2D eigenvalue weighted by molar-refractivity contribution is 6.50. The molecule has 0 rings (SSSR count). The second kappa shape index (κ2) is 7.29. The maximum absolute atomic E-state index is 9.41. The molecule has 0 aromatic rings. The van der Waals surface area contributed by atoms with E-state index in [1.165, 1.54) is 25.7 Å². The zero-order chi connectivity index (χ0) is 7.82. The van der Waals surface area contributed by atoms with Gasteiger partial charge in [-0.2, -0.15) is 0 Å². The first kappa shape index (κ1) is 10.2. The monoisotopic (exact) mass is 160 g/mol. The second-order valence-electron chi connectivity index (χ2n) is 2.94. The van der Waals surface area contributed by atoms with Gasteiger partial charge in [0.1, 0.15) is 0 Å². The summed E-state index contributed by atoms with van der Waals surface area (Å²) in [7, 11) is -1.23. The van der Waals surface area contributed by atoms with Crippen LogP contribution in [0.5, 0.6) is 0 Å². The topological polar surface area (TPSA) is 20.2 Å². The number of hydrogen-bond donors (Lipinski definition) is 1. The number of rotatable bonds is 6. The van der Waals surface area contributed by atoms with Gasteiger partial charge in [-0.1, -0.05) is 39.5 Å². The lowest BCUT2D eigenvalue weighted by atomic mass is 10.3. The van der Waals surface area contributed by atoms with Crippen molar-refractivity contribution >= 4 is 9.04 Å². The predicted octanol–water partition coefficient (Wildman–Crippen LogP) is 2.30. The van der Waals surface area contributed by atoms with Gasteiger partial charge in [0.25, 0.3) is 0 Å². The minimum atomic E-state index is -1.23. The lowest BCUT2D eigenvalue weighted by molar-refractivity contribution is 0.555. The van der Waals surface area contributed by atoms with E-state index in [9.17, 15) is 4.80 Å². The van der Waals surface area contributed by atoms with Crippen molar-refractivity contribution in [3.05, 3.63) is 0 Å². The maximum atomic E-state index is 9.41. The van der Waals surface area contributed by atoms with Gasteiger partial charge in [0.2, 0.25) is 0 Å². The molecule has 0 aliphatic heterocycles. The Morgan fingerprint density at radius 3 is 2.20 bits per heavy atom. The third-order valence-corrected chi connectivity index (χ3v) is 4.08. The predicted molar refractivity (Wildman–Crippen MR) is 48.8 cm³/mol. The molecular weight excluding hydrogens is 140 g/mol. The third-order valence-electron chi connectivity index (χ3n) is 1.76. The van der Waals surface area contributed by atoms with Crippen LogP contribution in [0.25, 0.3) is 0 Å². The summed E-state index contributed by atoms with van der Waals surface area (Å²) in [5.74, 6) is 0. The molecule has 0 aromatic heterocycles. The fourth-order valence-electron chi connectivity index (χ4n) is 1.11. The Morgan fingerprint density at radius 2 is 1.70 bits per heavy atom. The molecule has 1 N–H and O–H groups in total. The number of hydrogen-bond acceptors (Lipinski definition) is 1. The SMILES string of the molecule is CCCCC[SiH](O)CCC. The van der Waals surface area contributed by atoms with Crippen LogP contribution in [-0.4, -0.2) is 13.8 Å². The number of unbranched alkanes of at least 4 members (excludes halogenated alkanes) is 2. The van der Waals surface area contributed by atoms with Gasteiger partial charge in [-0.05, 0) is 12.1 Å². The first-order chi connectivity index (χ1) is 4.81. The van der Waals surface area contributed by atoms with Gasteiger partial charge in [-0.25, -0.2) is 0 Å². The van der Waals surface area contributed by atoms with E-state index in [0.717, 1.165) is 12.1 Å². The largest absolute Gasteiger partial charge is 0.435 e. The summed E-state index contributed by atoms with van der Waals surface area (Å²) in [5.41, 5.74) is 0. The van der Waals surface area contributed by atoms with E-state index in [0.29, 0.717) is 0 Å². The average Bonchev–Trinajstić information content (AvgIpc) is 1.89. The Balaban J connectivity index is 2.97.